The third-order valence-electron chi connectivity index (χ3n) is 5.98. The van der Waals surface area contributed by atoms with Crippen LogP contribution in [-0.2, 0) is 0 Å². The number of fused-ring (bicyclic) bond motifs is 1. The number of nitrogens with one attached hydrogen (secondary N) is 2. The summed E-state index contributed by atoms with van der Waals surface area (Å²) in [6, 6.07) is 1.90. The van der Waals surface area contributed by atoms with Gasteiger partial charge in [0.05, 0.1) is 10.9 Å². The average molecular weight is 407 g/mol. The molecule has 1 amide bonds. The number of amides is 1. The summed E-state index contributed by atoms with van der Waals surface area (Å²) in [6.45, 7) is 5.55. The molecule has 4 heterocycles. The molecule has 0 atom stereocenters. The van der Waals surface area contributed by atoms with E-state index in [2.05, 4.69) is 42.4 Å². The standard InChI is InChI=1S/C21H25N7O2/c1-13-15(16-17(27-21(2)6-7-21)24-12-25-19(16)30-13)18(29)26-14-4-10-28(11-5-14)20-22-8-3-9-23-20/h3,8-9,12,14H,4-7,10-11H2,1-2H3,(H,26,29)(H,24,25,27). The summed E-state index contributed by atoms with van der Waals surface area (Å²) in [4.78, 5) is 32.6. The number of carbonyl (C=O) groups excluding carboxylic acids is 1. The molecule has 156 valence electrons. The predicted molar refractivity (Wildman–Crippen MR) is 113 cm³/mol. The third kappa shape index (κ3) is 3.55. The number of anilines is 2. The van der Waals surface area contributed by atoms with Crippen molar-refractivity contribution in [3.8, 4) is 0 Å². The minimum atomic E-state index is -0.139. The maximum Gasteiger partial charge on any atom is 0.255 e. The Morgan fingerprint density at radius 2 is 1.90 bits per heavy atom. The lowest BCUT2D eigenvalue weighted by Crippen LogP contribution is -2.45. The normalized spacial score (nSPS) is 18.4. The van der Waals surface area contributed by atoms with Gasteiger partial charge in [0.25, 0.3) is 5.91 Å². The van der Waals surface area contributed by atoms with Crippen molar-refractivity contribution in [2.45, 2.75) is 51.1 Å². The largest absolute Gasteiger partial charge is 0.442 e. The van der Waals surface area contributed by atoms with Crippen LogP contribution in [-0.4, -0.2) is 50.5 Å². The van der Waals surface area contributed by atoms with Crippen LogP contribution in [0, 0.1) is 6.92 Å². The second-order valence-corrected chi connectivity index (χ2v) is 8.40. The highest BCUT2D eigenvalue weighted by molar-refractivity contribution is 6.10. The summed E-state index contributed by atoms with van der Waals surface area (Å²) in [7, 11) is 0. The quantitative estimate of drug-likeness (QED) is 0.664. The molecule has 30 heavy (non-hydrogen) atoms. The summed E-state index contributed by atoms with van der Waals surface area (Å²) in [5.74, 6) is 1.82. The molecular formula is C21H25N7O2. The number of aromatic nitrogens is 4. The monoisotopic (exact) mass is 407 g/mol. The lowest BCUT2D eigenvalue weighted by atomic mass is 10.0. The Hall–Kier alpha value is -3.23. The van der Waals surface area contributed by atoms with Crippen molar-refractivity contribution in [2.24, 2.45) is 0 Å². The molecule has 3 aromatic rings. The van der Waals surface area contributed by atoms with Crippen LogP contribution < -0.4 is 15.5 Å². The van der Waals surface area contributed by atoms with Gasteiger partial charge in [-0.2, -0.15) is 0 Å². The van der Waals surface area contributed by atoms with Crippen molar-refractivity contribution >= 4 is 28.8 Å². The van der Waals surface area contributed by atoms with Crippen molar-refractivity contribution in [1.29, 1.82) is 0 Å². The van der Waals surface area contributed by atoms with Gasteiger partial charge < -0.3 is 20.0 Å². The Kier molecular flexibility index (Phi) is 4.52. The van der Waals surface area contributed by atoms with Crippen LogP contribution in [0.5, 0.6) is 0 Å². The van der Waals surface area contributed by atoms with E-state index < -0.39 is 0 Å². The summed E-state index contributed by atoms with van der Waals surface area (Å²) >= 11 is 0. The minimum Gasteiger partial charge on any atom is -0.442 e. The van der Waals surface area contributed by atoms with E-state index in [1.54, 1.807) is 19.3 Å². The van der Waals surface area contributed by atoms with Crippen molar-refractivity contribution < 1.29 is 9.21 Å². The lowest BCUT2D eigenvalue weighted by molar-refractivity contribution is 0.0931. The number of furan rings is 1. The highest BCUT2D eigenvalue weighted by Gasteiger charge is 2.38. The van der Waals surface area contributed by atoms with Crippen LogP contribution in [0.2, 0.25) is 0 Å². The van der Waals surface area contributed by atoms with E-state index in [1.165, 1.54) is 6.33 Å². The van der Waals surface area contributed by atoms with Crippen molar-refractivity contribution in [1.82, 2.24) is 25.3 Å². The first-order valence-electron chi connectivity index (χ1n) is 10.4. The fourth-order valence-electron chi connectivity index (χ4n) is 3.95. The van der Waals surface area contributed by atoms with Crippen LogP contribution in [0.15, 0.2) is 29.2 Å². The zero-order valence-corrected chi connectivity index (χ0v) is 17.2. The van der Waals surface area contributed by atoms with Gasteiger partial charge in [0, 0.05) is 37.1 Å². The van der Waals surface area contributed by atoms with Gasteiger partial charge in [-0.1, -0.05) is 0 Å². The predicted octanol–water partition coefficient (Wildman–Crippen LogP) is 2.68. The van der Waals surface area contributed by atoms with Crippen molar-refractivity contribution in [2.75, 3.05) is 23.3 Å². The van der Waals surface area contributed by atoms with Crippen LogP contribution in [0.1, 0.15) is 48.7 Å². The smallest absolute Gasteiger partial charge is 0.255 e. The Bertz CT molecular complexity index is 1070. The van der Waals surface area contributed by atoms with E-state index in [0.717, 1.165) is 44.7 Å². The molecule has 0 spiro atoms. The molecule has 1 aliphatic heterocycles. The molecule has 5 rings (SSSR count). The maximum atomic E-state index is 13.2. The van der Waals surface area contributed by atoms with Gasteiger partial charge >= 0.3 is 0 Å². The van der Waals surface area contributed by atoms with Gasteiger partial charge in [0.1, 0.15) is 17.9 Å². The first-order chi connectivity index (χ1) is 14.5. The second-order valence-electron chi connectivity index (χ2n) is 8.40. The lowest BCUT2D eigenvalue weighted by Gasteiger charge is -2.32. The number of hydrogen-bond donors (Lipinski definition) is 2. The zero-order valence-electron chi connectivity index (χ0n) is 17.2. The topological polar surface area (TPSA) is 109 Å². The molecule has 1 saturated heterocycles. The molecule has 9 nitrogen and oxygen atoms in total. The second kappa shape index (κ2) is 7.23. The Balaban J connectivity index is 1.32. The molecule has 0 aromatic carbocycles. The van der Waals surface area contributed by atoms with Gasteiger partial charge in [-0.05, 0) is 45.6 Å². The number of aryl methyl sites for hydroxylation is 1. The Labute approximate surface area is 174 Å². The molecule has 0 bridgehead atoms. The maximum absolute atomic E-state index is 13.2. The highest BCUT2D eigenvalue weighted by atomic mass is 16.3. The number of piperidine rings is 1. The first-order valence-corrected chi connectivity index (χ1v) is 10.4. The summed E-state index contributed by atoms with van der Waals surface area (Å²) < 4.78 is 5.78. The van der Waals surface area contributed by atoms with Crippen LogP contribution >= 0.6 is 0 Å². The number of hydrogen-bond acceptors (Lipinski definition) is 8. The summed E-state index contributed by atoms with van der Waals surface area (Å²) in [5.41, 5.74) is 0.994. The van der Waals surface area contributed by atoms with Gasteiger partial charge in [0.15, 0.2) is 0 Å². The van der Waals surface area contributed by atoms with Gasteiger partial charge in [-0.15, -0.1) is 0 Å². The molecule has 2 N–H and O–H groups in total. The van der Waals surface area contributed by atoms with E-state index in [1.807, 2.05) is 6.07 Å². The van der Waals surface area contributed by atoms with E-state index in [0.29, 0.717) is 28.2 Å². The van der Waals surface area contributed by atoms with Crippen molar-refractivity contribution in [3.05, 3.63) is 36.1 Å². The molecule has 9 heteroatoms. The van der Waals surface area contributed by atoms with E-state index in [4.69, 9.17) is 4.42 Å². The summed E-state index contributed by atoms with van der Waals surface area (Å²) in [6.07, 6.45) is 8.80. The number of nitrogens with zero attached hydrogens (tertiary/aromatic N) is 5. The zero-order chi connectivity index (χ0) is 20.7. The summed E-state index contributed by atoms with van der Waals surface area (Å²) in [5, 5.41) is 7.30. The molecule has 1 aliphatic carbocycles. The van der Waals surface area contributed by atoms with Crippen LogP contribution in [0.4, 0.5) is 11.8 Å². The van der Waals surface area contributed by atoms with Crippen molar-refractivity contribution in [3.63, 3.8) is 0 Å². The molecule has 1 saturated carbocycles. The third-order valence-corrected chi connectivity index (χ3v) is 5.98. The highest BCUT2D eigenvalue weighted by Crippen LogP contribution is 2.40. The van der Waals surface area contributed by atoms with Crippen LogP contribution in [0.3, 0.4) is 0 Å². The van der Waals surface area contributed by atoms with Gasteiger partial charge in [-0.25, -0.2) is 19.9 Å². The van der Waals surface area contributed by atoms with E-state index in [9.17, 15) is 4.79 Å². The number of carbonyl (C=O) groups is 1. The fraction of sp³-hybridized carbons (Fsp3) is 0.476. The fourth-order valence-corrected chi connectivity index (χ4v) is 3.95. The number of rotatable bonds is 5. The van der Waals surface area contributed by atoms with Crippen LogP contribution in [0.25, 0.3) is 11.1 Å². The molecule has 0 unspecified atom stereocenters. The molecule has 2 fully saturated rings. The van der Waals surface area contributed by atoms with E-state index >= 15 is 0 Å². The van der Waals surface area contributed by atoms with E-state index in [-0.39, 0.29) is 17.5 Å². The first kappa shape index (κ1) is 18.8. The Morgan fingerprint density at radius 3 is 2.60 bits per heavy atom. The SMILES string of the molecule is Cc1oc2ncnc(NC3(C)CC3)c2c1C(=O)NC1CCN(c2ncccn2)CC1. The van der Waals surface area contributed by atoms with Gasteiger partial charge in [-0.3, -0.25) is 4.79 Å². The minimum absolute atomic E-state index is 0.0343. The average Bonchev–Trinajstić information content (AvgIpc) is 3.37. The molecule has 2 aliphatic rings. The molecular weight excluding hydrogens is 382 g/mol. The molecule has 0 radical (unpaired) electrons. The molecule has 3 aromatic heterocycles. The van der Waals surface area contributed by atoms with Gasteiger partial charge in [0.2, 0.25) is 11.7 Å². The Morgan fingerprint density at radius 1 is 1.17 bits per heavy atom.